The molecular weight excluding hydrogens is 305 g/mol. The summed E-state index contributed by atoms with van der Waals surface area (Å²) in [5.74, 6) is 6.73. The molecule has 0 spiro atoms. The fraction of sp³-hybridized carbons (Fsp3) is 0.118. The Bertz CT molecular complexity index is 738. The van der Waals surface area contributed by atoms with Gasteiger partial charge < -0.3 is 4.74 Å². The fourth-order valence-corrected chi connectivity index (χ4v) is 2.00. The van der Waals surface area contributed by atoms with Crippen LogP contribution in [0.1, 0.15) is 16.7 Å². The van der Waals surface area contributed by atoms with Gasteiger partial charge in [-0.25, -0.2) is 0 Å². The number of benzene rings is 2. The smallest absolute Gasteiger partial charge is 0.121 e. The van der Waals surface area contributed by atoms with E-state index in [1.165, 1.54) is 0 Å². The first-order valence-electron chi connectivity index (χ1n) is 6.19. The predicted octanol–water partition coefficient (Wildman–Crippen LogP) is 4.38. The van der Waals surface area contributed by atoms with Crippen molar-refractivity contribution in [3.05, 3.63) is 64.2 Å². The van der Waals surface area contributed by atoms with Gasteiger partial charge in [0, 0.05) is 16.1 Å². The van der Waals surface area contributed by atoms with E-state index in [0.717, 1.165) is 11.1 Å². The highest BCUT2D eigenvalue weighted by atomic mass is 35.5. The summed E-state index contributed by atoms with van der Waals surface area (Å²) in [4.78, 5) is 0. The Morgan fingerprint density at radius 1 is 1.10 bits per heavy atom. The topological polar surface area (TPSA) is 33.0 Å². The Balaban J connectivity index is 2.08. The number of ether oxygens (including phenoxy) is 1. The Morgan fingerprint density at radius 2 is 1.95 bits per heavy atom. The molecule has 2 aromatic rings. The molecule has 0 aromatic heterocycles. The molecule has 0 radical (unpaired) electrons. The molecule has 0 heterocycles. The lowest BCUT2D eigenvalue weighted by molar-refractivity contribution is 0.306. The molecule has 2 rings (SSSR count). The van der Waals surface area contributed by atoms with Gasteiger partial charge in [0.2, 0.25) is 0 Å². The van der Waals surface area contributed by atoms with E-state index >= 15 is 0 Å². The van der Waals surface area contributed by atoms with Gasteiger partial charge in [0.1, 0.15) is 12.4 Å². The van der Waals surface area contributed by atoms with Crippen LogP contribution in [0.5, 0.6) is 5.75 Å². The SMILES string of the molecule is N#Cc1ccc(COc2cccc(C#CCCl)c2)c(Cl)c1. The number of nitriles is 1. The molecule has 0 saturated heterocycles. The van der Waals surface area contributed by atoms with Gasteiger partial charge in [-0.15, -0.1) is 11.6 Å². The van der Waals surface area contributed by atoms with Crippen LogP contribution < -0.4 is 4.74 Å². The lowest BCUT2D eigenvalue weighted by atomic mass is 10.1. The van der Waals surface area contributed by atoms with E-state index in [0.29, 0.717) is 28.8 Å². The molecule has 2 aromatic carbocycles. The maximum Gasteiger partial charge on any atom is 0.121 e. The minimum atomic E-state index is 0.298. The zero-order valence-corrected chi connectivity index (χ0v) is 12.6. The highest BCUT2D eigenvalue weighted by Crippen LogP contribution is 2.20. The standard InChI is InChI=1S/C17H11Cl2NO/c18-8-2-4-13-3-1-5-16(9-13)21-12-15-7-6-14(11-20)10-17(15)19/h1,3,5-7,9-10H,8,12H2. The Hall–Kier alpha value is -2.13. The first kappa shape index (κ1) is 15.3. The molecule has 2 nitrogen and oxygen atoms in total. The van der Waals surface area contributed by atoms with Crippen LogP contribution >= 0.6 is 23.2 Å². The third-order valence-corrected chi connectivity index (χ3v) is 3.20. The van der Waals surface area contributed by atoms with Crippen LogP contribution in [0.4, 0.5) is 0 Å². The van der Waals surface area contributed by atoms with Crippen LogP contribution in [0, 0.1) is 23.2 Å². The highest BCUT2D eigenvalue weighted by molar-refractivity contribution is 6.31. The molecule has 104 valence electrons. The average Bonchev–Trinajstić information content (AvgIpc) is 2.52. The number of alkyl halides is 1. The molecule has 4 heteroatoms. The third kappa shape index (κ3) is 4.43. The largest absolute Gasteiger partial charge is 0.489 e. The molecule has 0 atom stereocenters. The van der Waals surface area contributed by atoms with Crippen molar-refractivity contribution in [1.29, 1.82) is 5.26 Å². The van der Waals surface area contributed by atoms with E-state index in [1.54, 1.807) is 18.2 Å². The van der Waals surface area contributed by atoms with Crippen molar-refractivity contribution in [1.82, 2.24) is 0 Å². The summed E-state index contributed by atoms with van der Waals surface area (Å²) >= 11 is 11.6. The molecule has 0 N–H and O–H groups in total. The van der Waals surface area contributed by atoms with Gasteiger partial charge >= 0.3 is 0 Å². The minimum absolute atomic E-state index is 0.298. The summed E-state index contributed by atoms with van der Waals surface area (Å²) < 4.78 is 5.70. The van der Waals surface area contributed by atoms with Crippen LogP contribution in [0.15, 0.2) is 42.5 Å². The van der Waals surface area contributed by atoms with Crippen molar-refractivity contribution in [2.24, 2.45) is 0 Å². The Kier molecular flexibility index (Phi) is 5.52. The second-order valence-corrected chi connectivity index (χ2v) is 4.84. The summed E-state index contributed by atoms with van der Waals surface area (Å²) in [7, 11) is 0. The fourth-order valence-electron chi connectivity index (χ4n) is 1.69. The summed E-state index contributed by atoms with van der Waals surface area (Å²) in [6, 6.07) is 14.6. The number of rotatable bonds is 3. The van der Waals surface area contributed by atoms with Gasteiger partial charge in [0.15, 0.2) is 0 Å². The lowest BCUT2D eigenvalue weighted by Gasteiger charge is -2.08. The van der Waals surface area contributed by atoms with Gasteiger partial charge in [0.25, 0.3) is 0 Å². The summed E-state index contributed by atoms with van der Waals surface area (Å²) in [6.07, 6.45) is 0. The number of hydrogen-bond acceptors (Lipinski definition) is 2. The second-order valence-electron chi connectivity index (χ2n) is 4.17. The number of nitrogens with zero attached hydrogens (tertiary/aromatic N) is 1. The van der Waals surface area contributed by atoms with Gasteiger partial charge in [-0.2, -0.15) is 5.26 Å². The maximum absolute atomic E-state index is 8.80. The van der Waals surface area contributed by atoms with Crippen molar-refractivity contribution in [2.75, 3.05) is 5.88 Å². The van der Waals surface area contributed by atoms with E-state index in [-0.39, 0.29) is 0 Å². The van der Waals surface area contributed by atoms with E-state index in [4.69, 9.17) is 33.2 Å². The number of hydrogen-bond donors (Lipinski definition) is 0. The normalized spacial score (nSPS) is 9.38. The third-order valence-electron chi connectivity index (χ3n) is 2.71. The van der Waals surface area contributed by atoms with Crippen LogP contribution in [-0.2, 0) is 6.61 Å². The van der Waals surface area contributed by atoms with E-state index in [2.05, 4.69) is 11.8 Å². The van der Waals surface area contributed by atoms with Crippen molar-refractivity contribution in [3.8, 4) is 23.7 Å². The van der Waals surface area contributed by atoms with Crippen molar-refractivity contribution in [2.45, 2.75) is 6.61 Å². The molecule has 0 unspecified atom stereocenters. The monoisotopic (exact) mass is 315 g/mol. The molecule has 0 aliphatic rings. The maximum atomic E-state index is 8.80. The van der Waals surface area contributed by atoms with E-state index in [1.807, 2.05) is 30.3 Å². The van der Waals surface area contributed by atoms with Crippen LogP contribution in [0.25, 0.3) is 0 Å². The van der Waals surface area contributed by atoms with Crippen molar-refractivity contribution < 1.29 is 4.74 Å². The second kappa shape index (κ2) is 7.60. The van der Waals surface area contributed by atoms with Crippen LogP contribution in [0.2, 0.25) is 5.02 Å². The first-order valence-corrected chi connectivity index (χ1v) is 7.10. The zero-order chi connectivity index (χ0) is 15.1. The van der Waals surface area contributed by atoms with Gasteiger partial charge in [-0.05, 0) is 30.3 Å². The van der Waals surface area contributed by atoms with Crippen molar-refractivity contribution >= 4 is 23.2 Å². The molecular formula is C17H11Cl2NO. The molecule has 0 aliphatic heterocycles. The molecule has 0 amide bonds. The quantitative estimate of drug-likeness (QED) is 0.622. The van der Waals surface area contributed by atoms with E-state index < -0.39 is 0 Å². The Labute approximate surface area is 133 Å². The highest BCUT2D eigenvalue weighted by Gasteiger charge is 2.03. The summed E-state index contributed by atoms with van der Waals surface area (Å²) in [5, 5.41) is 9.32. The molecule has 0 saturated carbocycles. The lowest BCUT2D eigenvalue weighted by Crippen LogP contribution is -1.97. The summed E-state index contributed by atoms with van der Waals surface area (Å²) in [6.45, 7) is 0.330. The van der Waals surface area contributed by atoms with Crippen LogP contribution in [0.3, 0.4) is 0 Å². The van der Waals surface area contributed by atoms with E-state index in [9.17, 15) is 0 Å². The zero-order valence-electron chi connectivity index (χ0n) is 11.1. The van der Waals surface area contributed by atoms with Gasteiger partial charge in [0.05, 0.1) is 17.5 Å². The van der Waals surface area contributed by atoms with Crippen LogP contribution in [-0.4, -0.2) is 5.88 Å². The predicted molar refractivity (Wildman–Crippen MR) is 84.5 cm³/mol. The molecule has 21 heavy (non-hydrogen) atoms. The molecule has 0 fully saturated rings. The minimum Gasteiger partial charge on any atom is -0.489 e. The van der Waals surface area contributed by atoms with Gasteiger partial charge in [-0.3, -0.25) is 0 Å². The molecule has 0 aliphatic carbocycles. The molecule has 0 bridgehead atoms. The average molecular weight is 316 g/mol. The number of halogens is 2. The first-order chi connectivity index (χ1) is 10.2. The van der Waals surface area contributed by atoms with Crippen molar-refractivity contribution in [3.63, 3.8) is 0 Å². The van der Waals surface area contributed by atoms with Gasteiger partial charge in [-0.1, -0.05) is 35.6 Å². The summed E-state index contributed by atoms with van der Waals surface area (Å²) in [5.41, 5.74) is 2.20. The Morgan fingerprint density at radius 3 is 2.67 bits per heavy atom.